The maximum Gasteiger partial charge on any atom is 0.243 e. The number of hydrogen-bond acceptors (Lipinski definition) is 5. The Morgan fingerprint density at radius 2 is 1.74 bits per heavy atom. The number of likely N-dealkylation sites (N-methyl/N-ethyl adjacent to an activating group) is 1. The summed E-state index contributed by atoms with van der Waals surface area (Å²) >= 11 is 0. The normalized spacial score (nSPS) is 18.5. The highest BCUT2D eigenvalue weighted by atomic mass is 32.2. The van der Waals surface area contributed by atoms with Crippen molar-refractivity contribution < 1.29 is 18.0 Å². The lowest BCUT2D eigenvalue weighted by Gasteiger charge is -2.35. The molecule has 1 heterocycles. The molecule has 1 N–H and O–H groups in total. The monoisotopic (exact) mass is 394 g/mol. The number of benzene rings is 1. The van der Waals surface area contributed by atoms with Crippen molar-refractivity contribution in [3.63, 3.8) is 0 Å². The molecule has 148 valence electrons. The molecule has 1 saturated heterocycles. The van der Waals surface area contributed by atoms with Crippen LogP contribution in [0.3, 0.4) is 0 Å². The van der Waals surface area contributed by atoms with Crippen molar-refractivity contribution in [2.75, 3.05) is 46.3 Å². The zero-order valence-corrected chi connectivity index (χ0v) is 16.3. The van der Waals surface area contributed by atoms with Crippen LogP contribution in [0.25, 0.3) is 0 Å². The van der Waals surface area contributed by atoms with Crippen LogP contribution in [0, 0.1) is 0 Å². The second-order valence-electron chi connectivity index (χ2n) is 7.07. The minimum Gasteiger partial charge on any atom is -0.352 e. The summed E-state index contributed by atoms with van der Waals surface area (Å²) in [5.74, 6) is -0.190. The predicted molar refractivity (Wildman–Crippen MR) is 100 cm³/mol. The molecule has 3 rings (SSSR count). The van der Waals surface area contributed by atoms with Crippen LogP contribution in [0.2, 0.25) is 0 Å². The highest BCUT2D eigenvalue weighted by Crippen LogP contribution is 2.18. The first-order valence-electron chi connectivity index (χ1n) is 9.17. The van der Waals surface area contributed by atoms with E-state index in [1.165, 1.54) is 19.2 Å². The van der Waals surface area contributed by atoms with Crippen molar-refractivity contribution in [3.8, 4) is 0 Å². The molecule has 0 spiro atoms. The number of amides is 2. The first-order chi connectivity index (χ1) is 12.9. The first kappa shape index (κ1) is 19.8. The van der Waals surface area contributed by atoms with Crippen LogP contribution in [-0.4, -0.2) is 86.7 Å². The number of rotatable bonds is 7. The van der Waals surface area contributed by atoms with Gasteiger partial charge in [-0.15, -0.1) is 0 Å². The third-order valence-electron chi connectivity index (χ3n) is 4.84. The van der Waals surface area contributed by atoms with Crippen LogP contribution in [0.15, 0.2) is 35.2 Å². The molecule has 0 unspecified atom stereocenters. The minimum absolute atomic E-state index is 0.0333. The van der Waals surface area contributed by atoms with Gasteiger partial charge in [0.15, 0.2) is 0 Å². The molecule has 1 saturated carbocycles. The van der Waals surface area contributed by atoms with Gasteiger partial charge in [-0.1, -0.05) is 18.2 Å². The second kappa shape index (κ2) is 8.37. The molecule has 1 aromatic carbocycles. The fourth-order valence-electron chi connectivity index (χ4n) is 3.01. The third-order valence-corrected chi connectivity index (χ3v) is 6.66. The van der Waals surface area contributed by atoms with Crippen LogP contribution in [0.5, 0.6) is 0 Å². The zero-order valence-electron chi connectivity index (χ0n) is 15.5. The van der Waals surface area contributed by atoms with Gasteiger partial charge in [0.2, 0.25) is 21.8 Å². The third kappa shape index (κ3) is 5.27. The van der Waals surface area contributed by atoms with Crippen LogP contribution in [0.4, 0.5) is 0 Å². The molecule has 27 heavy (non-hydrogen) atoms. The number of nitrogens with one attached hydrogen (secondary N) is 1. The molecule has 8 nitrogen and oxygen atoms in total. The molecular weight excluding hydrogens is 368 g/mol. The van der Waals surface area contributed by atoms with Crippen molar-refractivity contribution in [2.24, 2.45) is 0 Å². The van der Waals surface area contributed by atoms with Crippen LogP contribution in [-0.2, 0) is 19.6 Å². The van der Waals surface area contributed by atoms with E-state index in [0.717, 1.165) is 17.1 Å². The van der Waals surface area contributed by atoms with E-state index in [4.69, 9.17) is 0 Å². The molecule has 2 amide bonds. The predicted octanol–water partition coefficient (Wildman–Crippen LogP) is -0.270. The number of nitrogens with zero attached hydrogens (tertiary/aromatic N) is 3. The zero-order chi connectivity index (χ0) is 19.4. The highest BCUT2D eigenvalue weighted by molar-refractivity contribution is 7.89. The maximum absolute atomic E-state index is 12.5. The summed E-state index contributed by atoms with van der Waals surface area (Å²) in [6.07, 6.45) is 2.13. The lowest BCUT2D eigenvalue weighted by molar-refractivity contribution is -0.133. The topological polar surface area (TPSA) is 90.0 Å². The van der Waals surface area contributed by atoms with Gasteiger partial charge in [0.1, 0.15) is 0 Å². The molecule has 2 aliphatic rings. The van der Waals surface area contributed by atoms with Gasteiger partial charge in [0.05, 0.1) is 18.0 Å². The second-order valence-corrected chi connectivity index (χ2v) is 9.12. The number of carbonyl (C=O) groups is 2. The fourth-order valence-corrected chi connectivity index (χ4v) is 4.15. The van der Waals surface area contributed by atoms with Gasteiger partial charge in [-0.3, -0.25) is 14.5 Å². The molecular formula is C18H26N4O4S. The number of piperazine rings is 1. The van der Waals surface area contributed by atoms with Crippen LogP contribution >= 0.6 is 0 Å². The van der Waals surface area contributed by atoms with E-state index < -0.39 is 10.0 Å². The van der Waals surface area contributed by atoms with Crippen molar-refractivity contribution >= 4 is 21.8 Å². The molecule has 0 aromatic heterocycles. The Morgan fingerprint density at radius 1 is 1.11 bits per heavy atom. The SMILES string of the molecule is CN(CC(=O)N1CCN(CC(=O)NC2CC2)CC1)S(=O)(=O)c1ccccc1. The summed E-state index contributed by atoms with van der Waals surface area (Å²) in [6.45, 7) is 2.36. The minimum atomic E-state index is -3.68. The molecule has 1 aliphatic carbocycles. The lowest BCUT2D eigenvalue weighted by Crippen LogP contribution is -2.53. The van der Waals surface area contributed by atoms with Crippen molar-refractivity contribution in [1.29, 1.82) is 0 Å². The Bertz CT molecular complexity index is 772. The molecule has 2 fully saturated rings. The largest absolute Gasteiger partial charge is 0.352 e. The van der Waals surface area contributed by atoms with E-state index in [1.54, 1.807) is 23.1 Å². The Labute approximate surface area is 160 Å². The van der Waals surface area contributed by atoms with Gasteiger partial charge in [-0.05, 0) is 25.0 Å². The van der Waals surface area contributed by atoms with E-state index in [0.29, 0.717) is 38.8 Å². The Hall–Kier alpha value is -1.97. The summed E-state index contributed by atoms with van der Waals surface area (Å²) in [7, 11) is -2.27. The molecule has 0 bridgehead atoms. The summed E-state index contributed by atoms with van der Waals surface area (Å²) in [5, 5.41) is 2.96. The quantitative estimate of drug-likeness (QED) is 0.688. The summed E-state index contributed by atoms with van der Waals surface area (Å²) in [5.41, 5.74) is 0. The van der Waals surface area contributed by atoms with Crippen molar-refractivity contribution in [3.05, 3.63) is 30.3 Å². The summed E-state index contributed by atoms with van der Waals surface area (Å²) in [6, 6.07) is 8.43. The van der Waals surface area contributed by atoms with E-state index >= 15 is 0 Å². The van der Waals surface area contributed by atoms with E-state index in [-0.39, 0.29) is 23.3 Å². The van der Waals surface area contributed by atoms with Gasteiger partial charge in [-0.25, -0.2) is 8.42 Å². The number of sulfonamides is 1. The van der Waals surface area contributed by atoms with Crippen LogP contribution < -0.4 is 5.32 Å². The van der Waals surface area contributed by atoms with Crippen molar-refractivity contribution in [2.45, 2.75) is 23.8 Å². The summed E-state index contributed by atoms with van der Waals surface area (Å²) in [4.78, 5) is 28.2. The Morgan fingerprint density at radius 3 is 2.33 bits per heavy atom. The fraction of sp³-hybridized carbons (Fsp3) is 0.556. The van der Waals surface area contributed by atoms with Gasteiger partial charge in [0.25, 0.3) is 0 Å². The molecule has 1 aromatic rings. The standard InChI is InChI=1S/C18H26N4O4S/c1-20(27(25,26)16-5-3-2-4-6-16)14-18(24)22-11-9-21(10-12-22)13-17(23)19-15-7-8-15/h2-6,15H,7-14H2,1H3,(H,19,23). The number of carbonyl (C=O) groups excluding carboxylic acids is 2. The smallest absolute Gasteiger partial charge is 0.243 e. The molecule has 1 aliphatic heterocycles. The average Bonchev–Trinajstić information content (AvgIpc) is 3.46. The molecule has 0 atom stereocenters. The maximum atomic E-state index is 12.5. The van der Waals surface area contributed by atoms with Crippen LogP contribution in [0.1, 0.15) is 12.8 Å². The Kier molecular flexibility index (Phi) is 6.13. The lowest BCUT2D eigenvalue weighted by atomic mass is 10.3. The first-order valence-corrected chi connectivity index (χ1v) is 10.6. The number of hydrogen-bond donors (Lipinski definition) is 1. The van der Waals surface area contributed by atoms with Crippen molar-refractivity contribution in [1.82, 2.24) is 19.4 Å². The average molecular weight is 394 g/mol. The van der Waals surface area contributed by atoms with Gasteiger partial charge >= 0.3 is 0 Å². The van der Waals surface area contributed by atoms with Gasteiger partial charge < -0.3 is 10.2 Å². The van der Waals surface area contributed by atoms with Gasteiger partial charge in [0, 0.05) is 39.3 Å². The highest BCUT2D eigenvalue weighted by Gasteiger charge is 2.28. The summed E-state index contributed by atoms with van der Waals surface area (Å²) < 4.78 is 26.1. The van der Waals surface area contributed by atoms with E-state index in [9.17, 15) is 18.0 Å². The molecule has 9 heteroatoms. The van der Waals surface area contributed by atoms with E-state index in [2.05, 4.69) is 5.32 Å². The van der Waals surface area contributed by atoms with Gasteiger partial charge in [-0.2, -0.15) is 4.31 Å². The molecule has 0 radical (unpaired) electrons. The Balaban J connectivity index is 1.47. The van der Waals surface area contributed by atoms with E-state index in [1.807, 2.05) is 4.90 Å².